The summed E-state index contributed by atoms with van der Waals surface area (Å²) in [5.74, 6) is 4.14. The molecule has 0 amide bonds. The van der Waals surface area contributed by atoms with Crippen molar-refractivity contribution in [2.75, 3.05) is 6.79 Å². The van der Waals surface area contributed by atoms with Gasteiger partial charge in [-0.2, -0.15) is 0 Å². The van der Waals surface area contributed by atoms with Crippen LogP contribution in [0.2, 0.25) is 19.6 Å². The third kappa shape index (κ3) is 3.38. The molecule has 0 saturated carbocycles. The lowest BCUT2D eigenvalue weighted by molar-refractivity contribution is -0.113. The van der Waals surface area contributed by atoms with E-state index in [1.165, 1.54) is 0 Å². The largest absolute Gasteiger partial charge is 0.454 e. The molecular formula is C14H16O3Si. The van der Waals surface area contributed by atoms with Crippen molar-refractivity contribution >= 4 is 13.9 Å². The lowest BCUT2D eigenvalue weighted by Crippen LogP contribution is -2.17. The Labute approximate surface area is 108 Å². The molecule has 4 heteroatoms. The van der Waals surface area contributed by atoms with Crippen molar-refractivity contribution in [1.29, 1.82) is 0 Å². The molecule has 0 N–H and O–H groups in total. The van der Waals surface area contributed by atoms with Gasteiger partial charge < -0.3 is 9.47 Å². The van der Waals surface area contributed by atoms with Gasteiger partial charge in [-0.3, -0.25) is 4.79 Å². The molecule has 18 heavy (non-hydrogen) atoms. The Bertz CT molecular complexity index is 532. The number of benzene rings is 1. The minimum absolute atomic E-state index is 0.0451. The van der Waals surface area contributed by atoms with Crippen LogP contribution in [0.25, 0.3) is 0 Å². The van der Waals surface area contributed by atoms with Crippen molar-refractivity contribution in [2.45, 2.75) is 26.1 Å². The van der Waals surface area contributed by atoms with E-state index in [0.29, 0.717) is 12.2 Å². The van der Waals surface area contributed by atoms with Gasteiger partial charge in [-0.05, 0) is 23.6 Å². The predicted molar refractivity (Wildman–Crippen MR) is 72.4 cm³/mol. The van der Waals surface area contributed by atoms with Crippen LogP contribution in [0.4, 0.5) is 0 Å². The van der Waals surface area contributed by atoms with Crippen molar-refractivity contribution in [2.24, 2.45) is 0 Å². The van der Waals surface area contributed by atoms with Crippen LogP contribution < -0.4 is 9.47 Å². The molecule has 0 saturated heterocycles. The topological polar surface area (TPSA) is 35.5 Å². The molecule has 0 unspecified atom stereocenters. The van der Waals surface area contributed by atoms with Crippen molar-refractivity contribution in [3.63, 3.8) is 0 Å². The first-order valence-electron chi connectivity index (χ1n) is 5.88. The monoisotopic (exact) mass is 260 g/mol. The summed E-state index contributed by atoms with van der Waals surface area (Å²) in [6, 6.07) is 5.55. The fraction of sp³-hybridized carbons (Fsp3) is 0.357. The third-order valence-corrected chi connectivity index (χ3v) is 3.25. The van der Waals surface area contributed by atoms with E-state index in [0.717, 1.165) is 11.3 Å². The smallest absolute Gasteiger partial charge is 0.231 e. The summed E-state index contributed by atoms with van der Waals surface area (Å²) in [7, 11) is -1.48. The van der Waals surface area contributed by atoms with Crippen LogP contribution in [-0.4, -0.2) is 20.7 Å². The van der Waals surface area contributed by atoms with Gasteiger partial charge >= 0.3 is 0 Å². The van der Waals surface area contributed by atoms with E-state index in [1.807, 2.05) is 18.2 Å². The maximum absolute atomic E-state index is 11.7. The second kappa shape index (κ2) is 4.87. The molecule has 0 radical (unpaired) electrons. The molecule has 3 nitrogen and oxygen atoms in total. The molecule has 0 atom stereocenters. The fourth-order valence-electron chi connectivity index (χ4n) is 1.54. The summed E-state index contributed by atoms with van der Waals surface area (Å²) in [5, 5.41) is 0. The number of Topliss-reactive ketones (excluding diaryl/α,β-unsaturated/α-hetero) is 1. The Morgan fingerprint density at radius 1 is 1.28 bits per heavy atom. The maximum Gasteiger partial charge on any atom is 0.231 e. The average molecular weight is 260 g/mol. The first-order valence-corrected chi connectivity index (χ1v) is 9.38. The van der Waals surface area contributed by atoms with E-state index >= 15 is 0 Å². The molecule has 1 aromatic carbocycles. The summed E-state index contributed by atoms with van der Waals surface area (Å²) in [6.45, 7) is 6.61. The van der Waals surface area contributed by atoms with E-state index in [9.17, 15) is 4.79 Å². The Morgan fingerprint density at radius 3 is 2.72 bits per heavy atom. The molecule has 94 valence electrons. The van der Waals surface area contributed by atoms with Gasteiger partial charge in [0, 0.05) is 6.42 Å². The molecule has 0 spiro atoms. The van der Waals surface area contributed by atoms with Crippen LogP contribution in [0.1, 0.15) is 5.56 Å². The second-order valence-electron chi connectivity index (χ2n) is 5.29. The minimum Gasteiger partial charge on any atom is -0.454 e. The van der Waals surface area contributed by atoms with Gasteiger partial charge in [0.25, 0.3) is 0 Å². The van der Waals surface area contributed by atoms with Crippen LogP contribution in [-0.2, 0) is 11.2 Å². The number of carbonyl (C=O) groups excluding carboxylic acids is 1. The summed E-state index contributed by atoms with van der Waals surface area (Å²) < 4.78 is 10.5. The standard InChI is InChI=1S/C14H16O3Si/c1-18(2,3)7-6-12(15)8-11-4-5-13-14(9-11)17-10-16-13/h4-5,9H,8,10H2,1-3H3. The van der Waals surface area contributed by atoms with Gasteiger partial charge in [0.1, 0.15) is 8.07 Å². The summed E-state index contributed by atoms with van der Waals surface area (Å²) >= 11 is 0. The zero-order valence-electron chi connectivity index (χ0n) is 10.9. The normalized spacial score (nSPS) is 12.8. The van der Waals surface area contributed by atoms with Crippen LogP contribution in [0, 0.1) is 11.5 Å². The summed E-state index contributed by atoms with van der Waals surface area (Å²) in [5.41, 5.74) is 3.99. The number of hydrogen-bond acceptors (Lipinski definition) is 3. The van der Waals surface area contributed by atoms with E-state index in [1.54, 1.807) is 0 Å². The van der Waals surface area contributed by atoms with Gasteiger partial charge in [-0.15, -0.1) is 5.54 Å². The molecule has 1 aliphatic rings. The highest BCUT2D eigenvalue weighted by Gasteiger charge is 2.14. The Balaban J connectivity index is 2.05. The van der Waals surface area contributed by atoms with E-state index in [4.69, 9.17) is 9.47 Å². The van der Waals surface area contributed by atoms with Gasteiger partial charge in [0.05, 0.1) is 0 Å². The molecule has 1 aromatic rings. The number of ether oxygens (including phenoxy) is 2. The summed E-state index contributed by atoms with van der Waals surface area (Å²) in [6.07, 6.45) is 0.327. The highest BCUT2D eigenvalue weighted by atomic mass is 28.3. The summed E-state index contributed by atoms with van der Waals surface area (Å²) in [4.78, 5) is 11.7. The first kappa shape index (κ1) is 12.7. The van der Waals surface area contributed by atoms with Gasteiger partial charge in [-0.25, -0.2) is 0 Å². The highest BCUT2D eigenvalue weighted by Crippen LogP contribution is 2.32. The number of carbonyl (C=O) groups is 1. The predicted octanol–water partition coefficient (Wildman–Crippen LogP) is 2.41. The van der Waals surface area contributed by atoms with Crippen LogP contribution in [0.3, 0.4) is 0 Å². The maximum atomic E-state index is 11.7. The third-order valence-electron chi connectivity index (χ3n) is 2.38. The number of ketones is 1. The van der Waals surface area contributed by atoms with Crippen molar-refractivity contribution in [1.82, 2.24) is 0 Å². The Morgan fingerprint density at radius 2 is 2.00 bits per heavy atom. The lowest BCUT2D eigenvalue weighted by Gasteiger charge is -2.03. The van der Waals surface area contributed by atoms with Gasteiger partial charge in [-0.1, -0.05) is 25.7 Å². The van der Waals surface area contributed by atoms with Crippen molar-refractivity contribution < 1.29 is 14.3 Å². The van der Waals surface area contributed by atoms with Gasteiger partial charge in [0.15, 0.2) is 11.5 Å². The quantitative estimate of drug-likeness (QED) is 0.605. The SMILES string of the molecule is C[Si](C)(C)C#CC(=O)Cc1ccc2c(c1)OCO2. The van der Waals surface area contributed by atoms with Crippen LogP contribution in [0.15, 0.2) is 18.2 Å². The lowest BCUT2D eigenvalue weighted by atomic mass is 10.1. The van der Waals surface area contributed by atoms with Crippen LogP contribution in [0.5, 0.6) is 11.5 Å². The molecule has 1 aliphatic heterocycles. The average Bonchev–Trinajstić information content (AvgIpc) is 2.72. The molecule has 1 heterocycles. The number of rotatable bonds is 2. The zero-order valence-corrected chi connectivity index (χ0v) is 11.9. The van der Waals surface area contributed by atoms with E-state index in [-0.39, 0.29) is 12.6 Å². The second-order valence-corrected chi connectivity index (χ2v) is 10.0. The first-order chi connectivity index (χ1) is 8.44. The van der Waals surface area contributed by atoms with Crippen LogP contribution >= 0.6 is 0 Å². The van der Waals surface area contributed by atoms with E-state index < -0.39 is 8.07 Å². The number of hydrogen-bond donors (Lipinski definition) is 0. The zero-order chi connectivity index (χ0) is 13.2. The Kier molecular flexibility index (Phi) is 3.44. The molecule has 0 bridgehead atoms. The van der Waals surface area contributed by atoms with E-state index in [2.05, 4.69) is 31.1 Å². The fourth-order valence-corrected chi connectivity index (χ4v) is 2.05. The number of fused-ring (bicyclic) bond motifs is 1. The van der Waals surface area contributed by atoms with Crippen molar-refractivity contribution in [3.8, 4) is 23.0 Å². The Hall–Kier alpha value is -1.73. The van der Waals surface area contributed by atoms with Crippen molar-refractivity contribution in [3.05, 3.63) is 23.8 Å². The highest BCUT2D eigenvalue weighted by molar-refractivity contribution is 6.84. The molecule has 0 aliphatic carbocycles. The van der Waals surface area contributed by atoms with Gasteiger partial charge in [0.2, 0.25) is 12.6 Å². The molecule has 0 fully saturated rings. The molecule has 2 rings (SSSR count). The molecule has 0 aromatic heterocycles. The minimum atomic E-state index is -1.48. The molecular weight excluding hydrogens is 244 g/mol.